The van der Waals surface area contributed by atoms with Crippen LogP contribution in [0.3, 0.4) is 0 Å². The Morgan fingerprint density at radius 2 is 1.82 bits per heavy atom. The fraction of sp³-hybridized carbons (Fsp3) is 1.00. The predicted octanol–water partition coefficient (Wildman–Crippen LogP) is -1.95. The van der Waals surface area contributed by atoms with Gasteiger partial charge >= 0.3 is 0 Å². The van der Waals surface area contributed by atoms with Gasteiger partial charge in [-0.1, -0.05) is 0 Å². The number of nitrogens with zero attached hydrogens (tertiary/aromatic N) is 1. The number of hydrogen-bond acceptors (Lipinski definition) is 6. The third kappa shape index (κ3) is 3.15. The number of aliphatic hydroxyl groups is 3. The van der Waals surface area contributed by atoms with Gasteiger partial charge in [-0.05, 0) is 0 Å². The van der Waals surface area contributed by atoms with Crippen molar-refractivity contribution in [2.45, 2.75) is 18.3 Å². The van der Waals surface area contributed by atoms with Gasteiger partial charge in [0.05, 0.1) is 32.5 Å². The van der Waals surface area contributed by atoms with E-state index in [0.717, 1.165) is 13.1 Å². The molecule has 2 saturated heterocycles. The van der Waals surface area contributed by atoms with Crippen molar-refractivity contribution in [1.29, 1.82) is 0 Å². The minimum absolute atomic E-state index is 0.106. The molecule has 2 heterocycles. The van der Waals surface area contributed by atoms with Crippen LogP contribution < -0.4 is 0 Å². The summed E-state index contributed by atoms with van der Waals surface area (Å²) in [5.41, 5.74) is 0. The molecule has 2 aliphatic rings. The Bertz CT molecular complexity index is 234. The lowest BCUT2D eigenvalue weighted by molar-refractivity contribution is -0.179. The first-order chi connectivity index (χ1) is 8.22. The van der Waals surface area contributed by atoms with Gasteiger partial charge in [-0.25, -0.2) is 0 Å². The summed E-state index contributed by atoms with van der Waals surface area (Å²) >= 11 is 0. The Morgan fingerprint density at radius 3 is 2.47 bits per heavy atom. The molecule has 0 aliphatic carbocycles. The molecule has 2 aliphatic heterocycles. The highest BCUT2D eigenvalue weighted by Crippen LogP contribution is 2.21. The summed E-state index contributed by atoms with van der Waals surface area (Å²) in [6, 6.07) is 0. The summed E-state index contributed by atoms with van der Waals surface area (Å²) in [6.07, 6.45) is -2.49. The van der Waals surface area contributed by atoms with Crippen molar-refractivity contribution in [2.24, 2.45) is 5.92 Å². The van der Waals surface area contributed by atoms with Crippen LogP contribution in [0.5, 0.6) is 0 Å². The van der Waals surface area contributed by atoms with E-state index < -0.39 is 18.3 Å². The van der Waals surface area contributed by atoms with Crippen LogP contribution in [0.15, 0.2) is 0 Å². The molecule has 0 unspecified atom stereocenters. The lowest BCUT2D eigenvalue weighted by Gasteiger charge is -2.39. The molecule has 100 valence electrons. The second kappa shape index (κ2) is 6.08. The zero-order valence-corrected chi connectivity index (χ0v) is 9.86. The lowest BCUT2D eigenvalue weighted by atomic mass is 9.92. The summed E-state index contributed by atoms with van der Waals surface area (Å²) in [5.74, 6) is -0.106. The molecule has 0 bridgehead atoms. The molecule has 0 radical (unpaired) electrons. The minimum atomic E-state index is -1.00. The third-order valence-corrected chi connectivity index (χ3v) is 3.51. The molecule has 0 amide bonds. The van der Waals surface area contributed by atoms with Crippen molar-refractivity contribution < 1.29 is 24.8 Å². The topological polar surface area (TPSA) is 82.4 Å². The summed E-state index contributed by atoms with van der Waals surface area (Å²) in [4.78, 5) is 2.20. The summed E-state index contributed by atoms with van der Waals surface area (Å²) in [6.45, 7) is 3.94. The van der Waals surface area contributed by atoms with Gasteiger partial charge in [0.2, 0.25) is 0 Å². The molecule has 2 rings (SSSR count). The van der Waals surface area contributed by atoms with Crippen molar-refractivity contribution in [3.05, 3.63) is 0 Å². The van der Waals surface area contributed by atoms with Crippen molar-refractivity contribution in [3.8, 4) is 0 Å². The van der Waals surface area contributed by atoms with Crippen LogP contribution in [-0.4, -0.2) is 84.6 Å². The van der Waals surface area contributed by atoms with Crippen molar-refractivity contribution in [1.82, 2.24) is 4.90 Å². The predicted molar refractivity (Wildman–Crippen MR) is 59.6 cm³/mol. The summed E-state index contributed by atoms with van der Waals surface area (Å²) < 4.78 is 10.6. The minimum Gasteiger partial charge on any atom is -0.394 e. The molecule has 6 nitrogen and oxygen atoms in total. The van der Waals surface area contributed by atoms with Gasteiger partial charge in [0.1, 0.15) is 12.2 Å². The first-order valence-electron chi connectivity index (χ1n) is 6.11. The van der Waals surface area contributed by atoms with Crippen LogP contribution in [-0.2, 0) is 9.47 Å². The SMILES string of the molecule is OC[C@H]1OC[C@@H](CN2CCOCC2)[C@@H](O)[C@H]1O. The Labute approximate surface area is 101 Å². The molecular weight excluding hydrogens is 226 g/mol. The van der Waals surface area contributed by atoms with Crippen molar-refractivity contribution in [3.63, 3.8) is 0 Å². The fourth-order valence-corrected chi connectivity index (χ4v) is 2.38. The highest BCUT2D eigenvalue weighted by molar-refractivity contribution is 4.88. The van der Waals surface area contributed by atoms with E-state index in [9.17, 15) is 10.2 Å². The molecule has 2 fully saturated rings. The van der Waals surface area contributed by atoms with E-state index in [0.29, 0.717) is 26.4 Å². The zero-order chi connectivity index (χ0) is 12.3. The molecule has 0 spiro atoms. The smallest absolute Gasteiger partial charge is 0.109 e. The third-order valence-electron chi connectivity index (χ3n) is 3.51. The molecule has 0 aromatic carbocycles. The number of rotatable bonds is 3. The van der Waals surface area contributed by atoms with E-state index in [2.05, 4.69) is 4.90 Å². The largest absolute Gasteiger partial charge is 0.394 e. The van der Waals surface area contributed by atoms with E-state index >= 15 is 0 Å². The second-order valence-electron chi connectivity index (χ2n) is 4.71. The van der Waals surface area contributed by atoms with Crippen LogP contribution in [0, 0.1) is 5.92 Å². The average molecular weight is 247 g/mol. The average Bonchev–Trinajstić information content (AvgIpc) is 2.37. The van der Waals surface area contributed by atoms with E-state index in [1.54, 1.807) is 0 Å². The maximum Gasteiger partial charge on any atom is 0.109 e. The van der Waals surface area contributed by atoms with Crippen LogP contribution in [0.25, 0.3) is 0 Å². The van der Waals surface area contributed by atoms with E-state index in [1.807, 2.05) is 0 Å². The van der Waals surface area contributed by atoms with Crippen LogP contribution in [0.4, 0.5) is 0 Å². The number of hydrogen-bond donors (Lipinski definition) is 3. The molecule has 17 heavy (non-hydrogen) atoms. The number of morpholine rings is 1. The maximum absolute atomic E-state index is 9.97. The standard InChI is InChI=1S/C11H21NO5/c13-6-9-11(15)10(14)8(7-17-9)5-12-1-3-16-4-2-12/h8-11,13-15H,1-7H2/t8-,9-,10-,11+/m1/s1. The van der Waals surface area contributed by atoms with Crippen LogP contribution >= 0.6 is 0 Å². The van der Waals surface area contributed by atoms with Gasteiger partial charge in [-0.2, -0.15) is 0 Å². The maximum atomic E-state index is 9.97. The van der Waals surface area contributed by atoms with Crippen LogP contribution in [0.2, 0.25) is 0 Å². The first-order valence-corrected chi connectivity index (χ1v) is 6.11. The molecule has 0 aromatic heterocycles. The van der Waals surface area contributed by atoms with E-state index in [-0.39, 0.29) is 12.5 Å². The van der Waals surface area contributed by atoms with Crippen LogP contribution in [0.1, 0.15) is 0 Å². The lowest BCUT2D eigenvalue weighted by Crippen LogP contribution is -2.55. The number of ether oxygens (including phenoxy) is 2. The van der Waals surface area contributed by atoms with Gasteiger partial charge < -0.3 is 24.8 Å². The molecule has 4 atom stereocenters. The zero-order valence-electron chi connectivity index (χ0n) is 9.86. The monoisotopic (exact) mass is 247 g/mol. The van der Waals surface area contributed by atoms with Gasteiger partial charge in [0.25, 0.3) is 0 Å². The highest BCUT2D eigenvalue weighted by atomic mass is 16.5. The molecule has 0 aromatic rings. The van der Waals surface area contributed by atoms with Gasteiger partial charge in [0, 0.05) is 25.6 Å². The van der Waals surface area contributed by atoms with Gasteiger partial charge in [-0.15, -0.1) is 0 Å². The Hall–Kier alpha value is -0.240. The normalized spacial score (nSPS) is 40.4. The number of aliphatic hydroxyl groups excluding tert-OH is 3. The molecule has 3 N–H and O–H groups in total. The van der Waals surface area contributed by atoms with Gasteiger partial charge in [-0.3, -0.25) is 4.90 Å². The Morgan fingerprint density at radius 1 is 1.12 bits per heavy atom. The van der Waals surface area contributed by atoms with Gasteiger partial charge in [0.15, 0.2) is 0 Å². The highest BCUT2D eigenvalue weighted by Gasteiger charge is 2.38. The molecule has 6 heteroatoms. The Kier molecular flexibility index (Phi) is 4.72. The quantitative estimate of drug-likeness (QED) is 0.537. The fourth-order valence-electron chi connectivity index (χ4n) is 2.38. The summed E-state index contributed by atoms with van der Waals surface area (Å²) in [5, 5.41) is 28.7. The van der Waals surface area contributed by atoms with E-state index in [4.69, 9.17) is 14.6 Å². The van der Waals surface area contributed by atoms with Crippen molar-refractivity contribution in [2.75, 3.05) is 46.1 Å². The molecular formula is C11H21NO5. The summed E-state index contributed by atoms with van der Waals surface area (Å²) in [7, 11) is 0. The van der Waals surface area contributed by atoms with Crippen molar-refractivity contribution >= 4 is 0 Å². The van der Waals surface area contributed by atoms with E-state index in [1.165, 1.54) is 0 Å². The Balaban J connectivity index is 1.84. The second-order valence-corrected chi connectivity index (χ2v) is 4.71. The first kappa shape index (κ1) is 13.2. The molecule has 0 saturated carbocycles.